The molecule has 7 nitrogen and oxygen atoms in total. The first kappa shape index (κ1) is 32.2. The van der Waals surface area contributed by atoms with Gasteiger partial charge < -0.3 is 15.4 Å². The van der Waals surface area contributed by atoms with Crippen LogP contribution in [-0.4, -0.2) is 60.3 Å². The average molecular weight is 630 g/mol. The van der Waals surface area contributed by atoms with Crippen molar-refractivity contribution < 1.29 is 19.1 Å². The molecule has 2 heterocycles. The highest BCUT2D eigenvalue weighted by molar-refractivity contribution is 6.21. The maximum absolute atomic E-state index is 13.3. The van der Waals surface area contributed by atoms with Crippen LogP contribution < -0.4 is 10.5 Å². The van der Waals surface area contributed by atoms with E-state index < -0.39 is 5.41 Å². The summed E-state index contributed by atoms with van der Waals surface area (Å²) in [6.45, 7) is 3.74. The van der Waals surface area contributed by atoms with Gasteiger partial charge in [0.1, 0.15) is 11.2 Å². The Morgan fingerprint density at radius 2 is 1.30 bits per heavy atom. The number of fused-ring (bicyclic) bond motifs is 1. The fourth-order valence-corrected chi connectivity index (χ4v) is 7.31. The van der Waals surface area contributed by atoms with Crippen molar-refractivity contribution in [2.24, 2.45) is 11.7 Å². The lowest BCUT2D eigenvalue weighted by Crippen LogP contribution is -2.49. The quantitative estimate of drug-likeness (QED) is 0.124. The second-order valence-corrected chi connectivity index (χ2v) is 12.7. The van der Waals surface area contributed by atoms with E-state index in [4.69, 9.17) is 10.5 Å². The van der Waals surface area contributed by atoms with Crippen molar-refractivity contribution in [1.82, 2.24) is 9.80 Å². The standard InChI is InChI=1S/C40H43N3O4/c41-39(46)40(31-13-5-3-6-14-31,32-15-7-4-8-16-32)33-24-27-42(29-33)26-23-30-19-21-34(22-20-30)47-28-12-2-1-11-25-43-37(44)35-17-9-10-18-36(35)38(43)45/h3-10,13-22,33H,1-2,11-12,23-29H2,(H2,41,46). The number of rotatable bonds is 15. The molecule has 4 aromatic rings. The van der Waals surface area contributed by atoms with Crippen LogP contribution >= 0.6 is 0 Å². The Bertz CT molecular complexity index is 1600. The number of imide groups is 1. The average Bonchev–Trinajstić information content (AvgIpc) is 3.67. The molecule has 2 aliphatic heterocycles. The molecule has 4 aromatic carbocycles. The van der Waals surface area contributed by atoms with Gasteiger partial charge in [-0.1, -0.05) is 97.8 Å². The maximum atomic E-state index is 13.3. The van der Waals surface area contributed by atoms with E-state index in [1.54, 1.807) is 24.3 Å². The Morgan fingerprint density at radius 3 is 1.89 bits per heavy atom. The summed E-state index contributed by atoms with van der Waals surface area (Å²) in [6, 6.07) is 35.4. The van der Waals surface area contributed by atoms with Gasteiger partial charge in [0, 0.05) is 19.6 Å². The molecule has 6 rings (SSSR count). The number of ether oxygens (including phenoxy) is 1. The summed E-state index contributed by atoms with van der Waals surface area (Å²) < 4.78 is 5.98. The minimum Gasteiger partial charge on any atom is -0.494 e. The zero-order valence-corrected chi connectivity index (χ0v) is 26.9. The Labute approximate surface area is 277 Å². The highest BCUT2D eigenvalue weighted by atomic mass is 16.5. The van der Waals surface area contributed by atoms with Crippen LogP contribution in [-0.2, 0) is 16.6 Å². The van der Waals surface area contributed by atoms with Gasteiger partial charge in [0.25, 0.3) is 11.8 Å². The van der Waals surface area contributed by atoms with Crippen LogP contribution in [0.3, 0.4) is 0 Å². The van der Waals surface area contributed by atoms with Crippen molar-refractivity contribution >= 4 is 17.7 Å². The van der Waals surface area contributed by atoms with Gasteiger partial charge in [-0.05, 0) is 79.1 Å². The SMILES string of the molecule is NC(=O)C(c1ccccc1)(c1ccccc1)C1CCN(CCc2ccc(OCCCCCCN3C(=O)c4ccccc4C3=O)cc2)C1. The van der Waals surface area contributed by atoms with Crippen LogP contribution in [0.15, 0.2) is 109 Å². The highest BCUT2D eigenvalue weighted by Gasteiger charge is 2.49. The van der Waals surface area contributed by atoms with Gasteiger partial charge >= 0.3 is 0 Å². The molecule has 2 N–H and O–H groups in total. The number of nitrogens with zero attached hydrogens (tertiary/aromatic N) is 2. The zero-order valence-electron chi connectivity index (χ0n) is 26.9. The van der Waals surface area contributed by atoms with Crippen molar-refractivity contribution in [2.45, 2.75) is 43.9 Å². The Hall–Kier alpha value is -4.75. The van der Waals surface area contributed by atoms with E-state index in [2.05, 4.69) is 17.0 Å². The first-order valence-electron chi connectivity index (χ1n) is 16.8. The van der Waals surface area contributed by atoms with Crippen LogP contribution in [0.2, 0.25) is 0 Å². The van der Waals surface area contributed by atoms with Gasteiger partial charge in [0.15, 0.2) is 0 Å². The van der Waals surface area contributed by atoms with Crippen molar-refractivity contribution in [1.29, 1.82) is 0 Å². The molecule has 1 unspecified atom stereocenters. The van der Waals surface area contributed by atoms with Crippen LogP contribution in [0.25, 0.3) is 0 Å². The third-order valence-electron chi connectivity index (χ3n) is 9.79. The molecule has 1 saturated heterocycles. The molecular weight excluding hydrogens is 586 g/mol. The van der Waals surface area contributed by atoms with Gasteiger partial charge in [-0.15, -0.1) is 0 Å². The molecule has 0 radical (unpaired) electrons. The smallest absolute Gasteiger partial charge is 0.261 e. The highest BCUT2D eigenvalue weighted by Crippen LogP contribution is 2.43. The van der Waals surface area contributed by atoms with E-state index in [1.807, 2.05) is 72.8 Å². The molecular formula is C40H43N3O4. The second kappa shape index (κ2) is 14.8. The number of primary amides is 1. The van der Waals surface area contributed by atoms with E-state index in [1.165, 1.54) is 10.5 Å². The van der Waals surface area contributed by atoms with Gasteiger partial charge in [0.05, 0.1) is 17.7 Å². The van der Waals surface area contributed by atoms with Crippen molar-refractivity contribution in [3.05, 3.63) is 137 Å². The fraction of sp³-hybridized carbons (Fsp3) is 0.325. The molecule has 0 aliphatic carbocycles. The number of hydrogen-bond acceptors (Lipinski definition) is 5. The first-order valence-corrected chi connectivity index (χ1v) is 16.8. The third-order valence-corrected chi connectivity index (χ3v) is 9.79. The molecule has 3 amide bonds. The second-order valence-electron chi connectivity index (χ2n) is 12.7. The molecule has 2 aliphatic rings. The number of hydrogen-bond donors (Lipinski definition) is 1. The molecule has 47 heavy (non-hydrogen) atoms. The van der Waals surface area contributed by atoms with E-state index in [-0.39, 0.29) is 23.6 Å². The monoisotopic (exact) mass is 629 g/mol. The number of benzene rings is 4. The predicted molar refractivity (Wildman–Crippen MR) is 183 cm³/mol. The summed E-state index contributed by atoms with van der Waals surface area (Å²) in [7, 11) is 0. The molecule has 242 valence electrons. The third kappa shape index (κ3) is 6.86. The molecule has 7 heteroatoms. The number of amides is 3. The van der Waals surface area contributed by atoms with E-state index >= 15 is 0 Å². The minimum atomic E-state index is -0.866. The zero-order chi connectivity index (χ0) is 32.6. The van der Waals surface area contributed by atoms with Crippen molar-refractivity contribution in [3.8, 4) is 5.75 Å². The largest absolute Gasteiger partial charge is 0.494 e. The number of unbranched alkanes of at least 4 members (excludes halogenated alkanes) is 3. The predicted octanol–water partition coefficient (Wildman–Crippen LogP) is 6.26. The van der Waals surface area contributed by atoms with E-state index in [0.29, 0.717) is 24.3 Å². The van der Waals surface area contributed by atoms with Gasteiger partial charge in [0.2, 0.25) is 5.91 Å². The number of carbonyl (C=O) groups is 3. The van der Waals surface area contributed by atoms with Crippen LogP contribution in [0.4, 0.5) is 0 Å². The van der Waals surface area contributed by atoms with E-state index in [9.17, 15) is 14.4 Å². The molecule has 0 bridgehead atoms. The number of likely N-dealkylation sites (tertiary alicyclic amines) is 1. The fourth-order valence-electron chi connectivity index (χ4n) is 7.31. The van der Waals surface area contributed by atoms with Crippen LogP contribution in [0.5, 0.6) is 5.75 Å². The molecule has 0 spiro atoms. The summed E-state index contributed by atoms with van der Waals surface area (Å²) >= 11 is 0. The Morgan fingerprint density at radius 1 is 0.723 bits per heavy atom. The molecule has 0 aromatic heterocycles. The lowest BCUT2D eigenvalue weighted by atomic mass is 9.64. The van der Waals surface area contributed by atoms with Crippen LogP contribution in [0, 0.1) is 5.92 Å². The summed E-state index contributed by atoms with van der Waals surface area (Å²) in [5.41, 5.74) is 9.58. The maximum Gasteiger partial charge on any atom is 0.261 e. The molecule has 1 fully saturated rings. The summed E-state index contributed by atoms with van der Waals surface area (Å²) in [5.74, 6) is 0.288. The van der Waals surface area contributed by atoms with Crippen molar-refractivity contribution in [2.75, 3.05) is 32.8 Å². The first-order chi connectivity index (χ1) is 23.0. The summed E-state index contributed by atoms with van der Waals surface area (Å²) in [6.07, 6.45) is 5.44. The number of nitrogens with two attached hydrogens (primary N) is 1. The van der Waals surface area contributed by atoms with Gasteiger partial charge in [-0.2, -0.15) is 0 Å². The topological polar surface area (TPSA) is 92.9 Å². The van der Waals surface area contributed by atoms with Gasteiger partial charge in [-0.25, -0.2) is 0 Å². The van der Waals surface area contributed by atoms with E-state index in [0.717, 1.165) is 75.0 Å². The van der Waals surface area contributed by atoms with Crippen molar-refractivity contribution in [3.63, 3.8) is 0 Å². The molecule has 0 saturated carbocycles. The molecule has 1 atom stereocenters. The minimum absolute atomic E-state index is 0.0860. The normalized spacial score (nSPS) is 16.4. The lowest BCUT2D eigenvalue weighted by Gasteiger charge is -2.37. The number of carbonyl (C=O) groups excluding carboxylic acids is 3. The Balaban J connectivity index is 0.933. The summed E-state index contributed by atoms with van der Waals surface area (Å²) in [4.78, 5) is 42.2. The lowest BCUT2D eigenvalue weighted by molar-refractivity contribution is -0.123. The Kier molecular flexibility index (Phi) is 10.1. The van der Waals surface area contributed by atoms with Crippen LogP contribution in [0.1, 0.15) is 69.5 Å². The van der Waals surface area contributed by atoms with Gasteiger partial charge in [-0.3, -0.25) is 19.3 Å². The summed E-state index contributed by atoms with van der Waals surface area (Å²) in [5, 5.41) is 0.